The van der Waals surface area contributed by atoms with Crippen LogP contribution in [0.15, 0.2) is 192 Å². The highest BCUT2D eigenvalue weighted by molar-refractivity contribution is 7.25. The molecule has 0 aliphatic rings. The molecule has 2 aromatic heterocycles. The van der Waals surface area contributed by atoms with Crippen LogP contribution in [0.1, 0.15) is 0 Å². The minimum Gasteiger partial charge on any atom is -0.455 e. The summed E-state index contributed by atoms with van der Waals surface area (Å²) >= 11 is 1.86. The molecule has 248 valence electrons. The van der Waals surface area contributed by atoms with Crippen molar-refractivity contribution in [3.05, 3.63) is 188 Å². The third-order valence-corrected chi connectivity index (χ3v) is 11.8. The summed E-state index contributed by atoms with van der Waals surface area (Å²) in [4.78, 5) is 2.39. The second-order valence-electron chi connectivity index (χ2n) is 13.7. The molecule has 2 nitrogen and oxygen atoms in total. The molecule has 0 radical (unpaired) electrons. The van der Waals surface area contributed by atoms with E-state index in [1.165, 1.54) is 58.6 Å². The number of nitrogens with zero attached hydrogens (tertiary/aromatic N) is 1. The molecule has 9 aromatic carbocycles. The van der Waals surface area contributed by atoms with Gasteiger partial charge in [0.25, 0.3) is 0 Å². The van der Waals surface area contributed by atoms with E-state index in [-0.39, 0.29) is 0 Å². The van der Waals surface area contributed by atoms with Crippen LogP contribution >= 0.6 is 11.3 Å². The molecular weight excluding hydrogens is 663 g/mol. The fourth-order valence-electron chi connectivity index (χ4n) is 8.15. The summed E-state index contributed by atoms with van der Waals surface area (Å²) < 4.78 is 9.30. The van der Waals surface area contributed by atoms with Crippen LogP contribution in [0.25, 0.3) is 85.9 Å². The fourth-order valence-corrected chi connectivity index (χ4v) is 9.28. The molecule has 0 aliphatic heterocycles. The molecule has 11 aromatic rings. The molecule has 53 heavy (non-hydrogen) atoms. The van der Waals surface area contributed by atoms with Crippen molar-refractivity contribution in [2.75, 3.05) is 4.90 Å². The molecule has 3 heteroatoms. The smallest absolute Gasteiger partial charge is 0.143 e. The van der Waals surface area contributed by atoms with E-state index in [2.05, 4.69) is 193 Å². The monoisotopic (exact) mass is 693 g/mol. The van der Waals surface area contributed by atoms with Crippen molar-refractivity contribution in [1.29, 1.82) is 0 Å². The first-order chi connectivity index (χ1) is 26.3. The summed E-state index contributed by atoms with van der Waals surface area (Å²) in [5.74, 6) is 0. The first-order valence-electron chi connectivity index (χ1n) is 18.0. The Bertz CT molecular complexity index is 3190. The van der Waals surface area contributed by atoms with Crippen molar-refractivity contribution >= 4 is 92.1 Å². The van der Waals surface area contributed by atoms with Crippen molar-refractivity contribution in [3.63, 3.8) is 0 Å². The Morgan fingerprint density at radius 3 is 2.02 bits per heavy atom. The van der Waals surface area contributed by atoms with Crippen LogP contribution in [0.5, 0.6) is 0 Å². The van der Waals surface area contributed by atoms with Gasteiger partial charge in [-0.2, -0.15) is 0 Å². The van der Waals surface area contributed by atoms with Gasteiger partial charge in [0.05, 0.1) is 11.1 Å². The normalized spacial score (nSPS) is 11.8. The Morgan fingerprint density at radius 2 is 1.11 bits per heavy atom. The molecule has 2 heterocycles. The Labute approximate surface area is 310 Å². The molecule has 0 N–H and O–H groups in total. The molecule has 0 saturated heterocycles. The Kier molecular flexibility index (Phi) is 6.76. The molecule has 0 fully saturated rings. The Balaban J connectivity index is 1.12. The first kappa shape index (κ1) is 30.0. The highest BCUT2D eigenvalue weighted by Gasteiger charge is 2.21. The molecule has 11 rings (SSSR count). The topological polar surface area (TPSA) is 16.4 Å². The van der Waals surface area contributed by atoms with Gasteiger partial charge in [0, 0.05) is 42.3 Å². The van der Waals surface area contributed by atoms with E-state index >= 15 is 0 Å². The quantitative estimate of drug-likeness (QED) is 0.178. The zero-order valence-corrected chi connectivity index (χ0v) is 29.5. The van der Waals surface area contributed by atoms with E-state index in [9.17, 15) is 0 Å². The van der Waals surface area contributed by atoms with Gasteiger partial charge in [-0.05, 0) is 99.1 Å². The van der Waals surface area contributed by atoms with Crippen LogP contribution in [0.2, 0.25) is 0 Å². The van der Waals surface area contributed by atoms with Gasteiger partial charge in [-0.25, -0.2) is 0 Å². The number of thiophene rings is 1. The minimum absolute atomic E-state index is 0.873. The molecule has 0 aliphatic carbocycles. The lowest BCUT2D eigenvalue weighted by molar-refractivity contribution is 0.672. The standard InChI is InChI=1S/C50H31NOS/c1-2-12-35-30-36(23-22-32(35)10-1)33-24-27-38(28-25-33)51(44-18-9-19-45-49(44)43-29-26-34-11-3-4-15-41(34)50(43)52-45)39-14-7-13-37(31-39)40-17-8-21-47-48(40)42-16-5-6-20-46(42)53-47/h1-31H. The Hall–Kier alpha value is -6.68. The van der Waals surface area contributed by atoms with Gasteiger partial charge in [-0.1, -0.05) is 127 Å². The maximum absolute atomic E-state index is 6.69. The van der Waals surface area contributed by atoms with Crippen LogP contribution in [0, 0.1) is 0 Å². The number of fused-ring (bicyclic) bond motifs is 9. The third-order valence-electron chi connectivity index (χ3n) is 10.6. The van der Waals surface area contributed by atoms with Gasteiger partial charge in [0.1, 0.15) is 11.2 Å². The summed E-state index contributed by atoms with van der Waals surface area (Å²) in [6.07, 6.45) is 0. The van der Waals surface area contributed by atoms with Crippen molar-refractivity contribution in [2.45, 2.75) is 0 Å². The second kappa shape index (κ2) is 11.9. The van der Waals surface area contributed by atoms with Crippen LogP contribution in [-0.4, -0.2) is 0 Å². The first-order valence-corrected chi connectivity index (χ1v) is 18.8. The van der Waals surface area contributed by atoms with E-state index < -0.39 is 0 Å². The lowest BCUT2D eigenvalue weighted by Crippen LogP contribution is -2.10. The number of benzene rings is 9. The van der Waals surface area contributed by atoms with Crippen LogP contribution in [0.4, 0.5) is 17.1 Å². The van der Waals surface area contributed by atoms with E-state index in [1.807, 2.05) is 11.3 Å². The maximum atomic E-state index is 6.69. The molecular formula is C50H31NOS. The maximum Gasteiger partial charge on any atom is 0.143 e. The predicted molar refractivity (Wildman–Crippen MR) is 227 cm³/mol. The summed E-state index contributed by atoms with van der Waals surface area (Å²) in [5.41, 5.74) is 9.84. The van der Waals surface area contributed by atoms with Gasteiger partial charge in [-0.15, -0.1) is 11.3 Å². The number of hydrogen-bond acceptors (Lipinski definition) is 3. The van der Waals surface area contributed by atoms with Gasteiger partial charge in [0.2, 0.25) is 0 Å². The van der Waals surface area contributed by atoms with Gasteiger partial charge in [-0.3, -0.25) is 0 Å². The average Bonchev–Trinajstić information content (AvgIpc) is 3.81. The third kappa shape index (κ3) is 4.86. The summed E-state index contributed by atoms with van der Waals surface area (Å²) in [6, 6.07) is 68.0. The zero-order valence-electron chi connectivity index (χ0n) is 28.7. The molecule has 0 unspecified atom stereocenters. The van der Waals surface area contributed by atoms with Gasteiger partial charge >= 0.3 is 0 Å². The molecule has 0 amide bonds. The van der Waals surface area contributed by atoms with E-state index in [4.69, 9.17) is 4.42 Å². The molecule has 0 atom stereocenters. The highest BCUT2D eigenvalue weighted by atomic mass is 32.1. The molecule has 0 saturated carbocycles. The lowest BCUT2D eigenvalue weighted by atomic mass is 9.98. The van der Waals surface area contributed by atoms with Crippen molar-refractivity contribution in [2.24, 2.45) is 0 Å². The largest absolute Gasteiger partial charge is 0.455 e. The number of furan rings is 1. The number of anilines is 3. The van der Waals surface area contributed by atoms with Crippen molar-refractivity contribution in [3.8, 4) is 22.3 Å². The van der Waals surface area contributed by atoms with Gasteiger partial charge < -0.3 is 9.32 Å². The van der Waals surface area contributed by atoms with Crippen LogP contribution in [0.3, 0.4) is 0 Å². The molecule has 0 bridgehead atoms. The lowest BCUT2D eigenvalue weighted by Gasteiger charge is -2.27. The Morgan fingerprint density at radius 1 is 0.396 bits per heavy atom. The predicted octanol–water partition coefficient (Wildman–Crippen LogP) is 15.1. The van der Waals surface area contributed by atoms with Crippen molar-refractivity contribution in [1.82, 2.24) is 0 Å². The second-order valence-corrected chi connectivity index (χ2v) is 14.8. The van der Waals surface area contributed by atoms with Crippen LogP contribution in [-0.2, 0) is 0 Å². The average molecular weight is 694 g/mol. The molecule has 0 spiro atoms. The fraction of sp³-hybridized carbons (Fsp3) is 0. The zero-order chi connectivity index (χ0) is 34.9. The number of hydrogen-bond donors (Lipinski definition) is 0. The minimum atomic E-state index is 0.873. The summed E-state index contributed by atoms with van der Waals surface area (Å²) in [6.45, 7) is 0. The van der Waals surface area contributed by atoms with Gasteiger partial charge in [0.15, 0.2) is 0 Å². The number of rotatable bonds is 5. The summed E-state index contributed by atoms with van der Waals surface area (Å²) in [7, 11) is 0. The van der Waals surface area contributed by atoms with Crippen LogP contribution < -0.4 is 4.90 Å². The van der Waals surface area contributed by atoms with E-state index in [0.717, 1.165) is 44.4 Å². The van der Waals surface area contributed by atoms with Crippen molar-refractivity contribution < 1.29 is 4.42 Å². The summed E-state index contributed by atoms with van der Waals surface area (Å²) in [5, 5.41) is 9.61. The highest BCUT2D eigenvalue weighted by Crippen LogP contribution is 2.46. The SMILES string of the molecule is c1cc(-c2cccc3sc4ccccc4c23)cc(N(c2ccc(-c3ccc4ccccc4c3)cc2)c2cccc3oc4c5ccccc5ccc4c23)c1. The van der Waals surface area contributed by atoms with E-state index in [1.54, 1.807) is 0 Å². The van der Waals surface area contributed by atoms with E-state index in [0.29, 0.717) is 0 Å².